The van der Waals surface area contributed by atoms with Crippen molar-refractivity contribution >= 4 is 10.8 Å². The topological polar surface area (TPSA) is 12.0 Å². The third-order valence-corrected chi connectivity index (χ3v) is 4.64. The SMILES string of the molecule is CC.CC.CC.C[C@@H](NCCCc1cccc(C(F)(F)F)c1)c1cccc2ccccc12. The molecule has 1 atom stereocenters. The molecule has 0 spiro atoms. The summed E-state index contributed by atoms with van der Waals surface area (Å²) in [6, 6.07) is 20.3. The van der Waals surface area contributed by atoms with Crippen molar-refractivity contribution in [1.82, 2.24) is 5.32 Å². The predicted molar refractivity (Wildman–Crippen MR) is 134 cm³/mol. The Morgan fingerprint density at radius 3 is 2.03 bits per heavy atom. The summed E-state index contributed by atoms with van der Waals surface area (Å²) in [5, 5.41) is 5.92. The monoisotopic (exact) mass is 447 g/mol. The van der Waals surface area contributed by atoms with Gasteiger partial charge in [-0.25, -0.2) is 0 Å². The molecule has 0 aliphatic heterocycles. The molecule has 3 aromatic rings. The van der Waals surface area contributed by atoms with Crippen LogP contribution in [0, 0.1) is 0 Å². The standard InChI is InChI=1S/C22H22F3N.3C2H6/c1-16(20-13-5-10-18-9-2-3-12-21(18)20)26-14-6-8-17-7-4-11-19(15-17)22(23,24)25;3*1-2/h2-5,7,9-13,15-16,26H,6,8,14H2,1H3;3*1-2H3/t16-;;;/m1.../s1. The molecule has 32 heavy (non-hydrogen) atoms. The van der Waals surface area contributed by atoms with Gasteiger partial charge in [-0.15, -0.1) is 0 Å². The van der Waals surface area contributed by atoms with E-state index < -0.39 is 11.7 Å². The Morgan fingerprint density at radius 1 is 0.781 bits per heavy atom. The first-order valence-corrected chi connectivity index (χ1v) is 11.8. The summed E-state index contributed by atoms with van der Waals surface area (Å²) in [6.07, 6.45) is -2.87. The maximum atomic E-state index is 12.8. The Kier molecular flexibility index (Phi) is 15.1. The van der Waals surface area contributed by atoms with Gasteiger partial charge in [0.2, 0.25) is 0 Å². The second-order valence-electron chi connectivity index (χ2n) is 6.55. The summed E-state index contributed by atoms with van der Waals surface area (Å²) in [5.74, 6) is 0. The first-order chi connectivity index (χ1) is 15.4. The molecule has 0 aliphatic carbocycles. The molecule has 3 rings (SSSR count). The van der Waals surface area contributed by atoms with E-state index in [1.54, 1.807) is 6.07 Å². The summed E-state index contributed by atoms with van der Waals surface area (Å²) >= 11 is 0. The van der Waals surface area contributed by atoms with Gasteiger partial charge in [-0.2, -0.15) is 13.2 Å². The Labute approximate surface area is 193 Å². The van der Waals surface area contributed by atoms with E-state index in [4.69, 9.17) is 0 Å². The first-order valence-electron chi connectivity index (χ1n) is 11.8. The van der Waals surface area contributed by atoms with Gasteiger partial charge in [0, 0.05) is 6.04 Å². The molecule has 0 radical (unpaired) electrons. The molecule has 1 nitrogen and oxygen atoms in total. The summed E-state index contributed by atoms with van der Waals surface area (Å²) in [5.41, 5.74) is 1.38. The fourth-order valence-corrected chi connectivity index (χ4v) is 3.25. The molecule has 0 aromatic heterocycles. The predicted octanol–water partition coefficient (Wildman–Crippen LogP) is 9.22. The molecule has 3 aromatic carbocycles. The maximum Gasteiger partial charge on any atom is 0.416 e. The highest BCUT2D eigenvalue weighted by atomic mass is 19.4. The summed E-state index contributed by atoms with van der Waals surface area (Å²) in [4.78, 5) is 0. The number of alkyl halides is 3. The van der Waals surface area contributed by atoms with E-state index >= 15 is 0 Å². The Hall–Kier alpha value is -2.33. The van der Waals surface area contributed by atoms with E-state index in [-0.39, 0.29) is 6.04 Å². The number of nitrogens with one attached hydrogen (secondary N) is 1. The van der Waals surface area contributed by atoms with Crippen molar-refractivity contribution in [3.63, 3.8) is 0 Å². The van der Waals surface area contributed by atoms with Gasteiger partial charge in [0.15, 0.2) is 0 Å². The number of benzene rings is 3. The van der Waals surface area contributed by atoms with Crippen molar-refractivity contribution in [1.29, 1.82) is 0 Å². The fraction of sp³-hybridized carbons (Fsp3) is 0.429. The van der Waals surface area contributed by atoms with Crippen LogP contribution in [0.1, 0.15) is 77.6 Å². The van der Waals surface area contributed by atoms with Gasteiger partial charge in [0.1, 0.15) is 0 Å². The number of aryl methyl sites for hydroxylation is 1. The van der Waals surface area contributed by atoms with Crippen LogP contribution in [0.15, 0.2) is 66.7 Å². The highest BCUT2D eigenvalue weighted by Crippen LogP contribution is 2.29. The van der Waals surface area contributed by atoms with Crippen LogP contribution in [-0.4, -0.2) is 6.54 Å². The lowest BCUT2D eigenvalue weighted by Crippen LogP contribution is -2.20. The van der Waals surface area contributed by atoms with Crippen molar-refractivity contribution in [3.05, 3.63) is 83.4 Å². The molecule has 0 saturated heterocycles. The van der Waals surface area contributed by atoms with Crippen LogP contribution in [0.3, 0.4) is 0 Å². The number of halogens is 3. The zero-order valence-corrected chi connectivity index (χ0v) is 20.7. The van der Waals surface area contributed by atoms with E-state index in [0.717, 1.165) is 24.6 Å². The number of fused-ring (bicyclic) bond motifs is 1. The van der Waals surface area contributed by atoms with Crippen LogP contribution in [0.25, 0.3) is 10.8 Å². The quantitative estimate of drug-likeness (QED) is 0.371. The number of hydrogen-bond acceptors (Lipinski definition) is 1. The summed E-state index contributed by atoms with van der Waals surface area (Å²) in [6.45, 7) is 14.9. The molecular formula is C28H40F3N. The van der Waals surface area contributed by atoms with Crippen LogP contribution in [0.2, 0.25) is 0 Å². The van der Waals surface area contributed by atoms with Crippen molar-refractivity contribution in [3.8, 4) is 0 Å². The molecule has 0 aliphatic rings. The third kappa shape index (κ3) is 9.44. The van der Waals surface area contributed by atoms with Gasteiger partial charge in [-0.3, -0.25) is 0 Å². The zero-order valence-electron chi connectivity index (χ0n) is 20.7. The van der Waals surface area contributed by atoms with Crippen molar-refractivity contribution in [2.75, 3.05) is 6.54 Å². The molecule has 0 amide bonds. The maximum absolute atomic E-state index is 12.8. The van der Waals surface area contributed by atoms with E-state index in [0.29, 0.717) is 6.42 Å². The van der Waals surface area contributed by atoms with E-state index in [1.165, 1.54) is 28.5 Å². The van der Waals surface area contributed by atoms with Crippen molar-refractivity contribution < 1.29 is 13.2 Å². The first kappa shape index (κ1) is 29.7. The van der Waals surface area contributed by atoms with Gasteiger partial charge in [-0.1, -0.05) is 102 Å². The Balaban J connectivity index is 0.00000148. The molecule has 0 unspecified atom stereocenters. The molecular weight excluding hydrogens is 407 g/mol. The second kappa shape index (κ2) is 16.3. The van der Waals surface area contributed by atoms with E-state index in [1.807, 2.05) is 53.7 Å². The lowest BCUT2D eigenvalue weighted by molar-refractivity contribution is -0.137. The second-order valence-corrected chi connectivity index (χ2v) is 6.55. The fourth-order valence-electron chi connectivity index (χ4n) is 3.25. The highest BCUT2D eigenvalue weighted by Gasteiger charge is 2.30. The molecule has 0 heterocycles. The molecule has 178 valence electrons. The Morgan fingerprint density at radius 2 is 1.38 bits per heavy atom. The van der Waals surface area contributed by atoms with Crippen LogP contribution >= 0.6 is 0 Å². The van der Waals surface area contributed by atoms with Gasteiger partial charge in [-0.05, 0) is 54.3 Å². The normalized spacial score (nSPS) is 11.2. The Bertz CT molecular complexity index is 866. The van der Waals surface area contributed by atoms with E-state index in [2.05, 4.69) is 42.6 Å². The van der Waals surface area contributed by atoms with Gasteiger partial charge >= 0.3 is 6.18 Å². The minimum Gasteiger partial charge on any atom is -0.310 e. The average molecular weight is 448 g/mol. The zero-order chi connectivity index (χ0) is 24.6. The molecule has 0 bridgehead atoms. The van der Waals surface area contributed by atoms with Crippen LogP contribution < -0.4 is 5.32 Å². The van der Waals surface area contributed by atoms with Crippen LogP contribution in [0.5, 0.6) is 0 Å². The average Bonchev–Trinajstić information content (AvgIpc) is 2.85. The molecule has 0 saturated carbocycles. The number of rotatable bonds is 6. The van der Waals surface area contributed by atoms with Crippen LogP contribution in [-0.2, 0) is 12.6 Å². The van der Waals surface area contributed by atoms with E-state index in [9.17, 15) is 13.2 Å². The molecule has 1 N–H and O–H groups in total. The highest BCUT2D eigenvalue weighted by molar-refractivity contribution is 5.86. The molecule has 4 heteroatoms. The van der Waals surface area contributed by atoms with Gasteiger partial charge < -0.3 is 5.32 Å². The molecule has 0 fully saturated rings. The lowest BCUT2D eigenvalue weighted by atomic mass is 9.99. The van der Waals surface area contributed by atoms with Crippen molar-refractivity contribution in [2.24, 2.45) is 0 Å². The smallest absolute Gasteiger partial charge is 0.310 e. The lowest BCUT2D eigenvalue weighted by Gasteiger charge is -2.17. The number of hydrogen-bond donors (Lipinski definition) is 1. The largest absolute Gasteiger partial charge is 0.416 e. The summed E-state index contributed by atoms with van der Waals surface area (Å²) in [7, 11) is 0. The minimum absolute atomic E-state index is 0.183. The minimum atomic E-state index is -4.28. The third-order valence-electron chi connectivity index (χ3n) is 4.64. The van der Waals surface area contributed by atoms with Gasteiger partial charge in [0.25, 0.3) is 0 Å². The summed E-state index contributed by atoms with van der Waals surface area (Å²) < 4.78 is 38.3. The van der Waals surface area contributed by atoms with Gasteiger partial charge in [0.05, 0.1) is 5.56 Å². The van der Waals surface area contributed by atoms with Crippen LogP contribution in [0.4, 0.5) is 13.2 Å². The van der Waals surface area contributed by atoms with Crippen molar-refractivity contribution in [2.45, 2.75) is 73.5 Å².